The molecule has 8 heteroatoms. The topological polar surface area (TPSA) is 62.6 Å². The number of carbonyl (C=O) groups is 1. The van der Waals surface area contributed by atoms with Crippen molar-refractivity contribution in [1.82, 2.24) is 13.8 Å². The van der Waals surface area contributed by atoms with Gasteiger partial charge in [0.2, 0.25) is 15.9 Å². The molecule has 1 aromatic heterocycles. The van der Waals surface area contributed by atoms with Gasteiger partial charge >= 0.3 is 0 Å². The first-order valence-corrected chi connectivity index (χ1v) is 12.0. The normalized spacial score (nSPS) is 12.0. The van der Waals surface area contributed by atoms with Gasteiger partial charge < -0.3 is 9.47 Å². The molecule has 1 heterocycles. The van der Waals surface area contributed by atoms with E-state index in [1.807, 2.05) is 50.7 Å². The first-order chi connectivity index (χ1) is 13.6. The van der Waals surface area contributed by atoms with Crippen molar-refractivity contribution in [2.24, 2.45) is 13.0 Å². The number of aryl methyl sites for hydroxylation is 1. The number of nitrogens with zero attached hydrogens (tertiary/aromatic N) is 3. The van der Waals surface area contributed by atoms with Crippen molar-refractivity contribution in [2.75, 3.05) is 19.6 Å². The Labute approximate surface area is 182 Å². The minimum Gasteiger partial charge on any atom is -0.353 e. The zero-order valence-electron chi connectivity index (χ0n) is 17.5. The molecule has 0 atom stereocenters. The average molecular weight is 484 g/mol. The third-order valence-corrected chi connectivity index (χ3v) is 6.97. The lowest BCUT2D eigenvalue weighted by Gasteiger charge is -2.28. The molecule has 1 aromatic carbocycles. The number of carbonyl (C=O) groups excluding carboxylic acids is 1. The highest BCUT2D eigenvalue weighted by Gasteiger charge is 2.28. The van der Waals surface area contributed by atoms with E-state index in [9.17, 15) is 13.2 Å². The van der Waals surface area contributed by atoms with Crippen LogP contribution in [0.3, 0.4) is 0 Å². The zero-order chi connectivity index (χ0) is 21.6. The van der Waals surface area contributed by atoms with Crippen LogP contribution in [0.5, 0.6) is 0 Å². The largest absolute Gasteiger partial charge is 0.353 e. The molecule has 0 radical (unpaired) electrons. The van der Waals surface area contributed by atoms with Crippen LogP contribution >= 0.6 is 15.9 Å². The molecule has 0 N–H and O–H groups in total. The summed E-state index contributed by atoms with van der Waals surface area (Å²) in [6, 6.07) is 10.4. The fraction of sp³-hybridized carbons (Fsp3) is 0.476. The first kappa shape index (κ1) is 23.6. The Morgan fingerprint density at radius 3 is 2.34 bits per heavy atom. The molecular formula is C21H30BrN3O3S. The monoisotopic (exact) mass is 483 g/mol. The predicted octanol–water partition coefficient (Wildman–Crippen LogP) is 3.87. The number of aromatic nitrogens is 1. The second-order valence-corrected chi connectivity index (χ2v) is 10.4. The van der Waals surface area contributed by atoms with Crippen molar-refractivity contribution in [3.8, 4) is 0 Å². The lowest BCUT2D eigenvalue weighted by atomic mass is 10.2. The third kappa shape index (κ3) is 6.42. The van der Waals surface area contributed by atoms with Crippen molar-refractivity contribution >= 4 is 31.9 Å². The number of halogens is 1. The number of rotatable bonds is 10. The summed E-state index contributed by atoms with van der Waals surface area (Å²) in [6.07, 6.45) is 2.57. The van der Waals surface area contributed by atoms with Crippen LogP contribution < -0.4 is 0 Å². The van der Waals surface area contributed by atoms with Crippen molar-refractivity contribution < 1.29 is 13.2 Å². The summed E-state index contributed by atoms with van der Waals surface area (Å²) in [5.41, 5.74) is 1.01. The second-order valence-electron chi connectivity index (χ2n) is 7.57. The Kier molecular flexibility index (Phi) is 8.48. The summed E-state index contributed by atoms with van der Waals surface area (Å²) in [5.74, 6) is 0.0935. The standard InChI is InChI=1S/C21H30BrN3O3S/c1-5-12-25(29(27,28)20-10-8-18(22)9-11-20)16-21(26)24(14-17(2)3)15-19-7-6-13-23(19)4/h6-11,13,17H,5,12,14-16H2,1-4H3. The summed E-state index contributed by atoms with van der Waals surface area (Å²) in [6.45, 7) is 7.17. The smallest absolute Gasteiger partial charge is 0.243 e. The van der Waals surface area contributed by atoms with Crippen molar-refractivity contribution in [1.29, 1.82) is 0 Å². The second kappa shape index (κ2) is 10.4. The molecule has 0 bridgehead atoms. The highest BCUT2D eigenvalue weighted by atomic mass is 79.9. The molecule has 6 nitrogen and oxygen atoms in total. The van der Waals surface area contributed by atoms with Crippen LogP contribution in [-0.2, 0) is 28.4 Å². The Balaban J connectivity index is 2.24. The Morgan fingerprint density at radius 1 is 1.17 bits per heavy atom. The molecule has 0 saturated heterocycles. The van der Waals surface area contributed by atoms with Crippen molar-refractivity contribution in [3.63, 3.8) is 0 Å². The summed E-state index contributed by atoms with van der Waals surface area (Å²) in [4.78, 5) is 15.1. The third-order valence-electron chi connectivity index (χ3n) is 4.58. The number of amides is 1. The zero-order valence-corrected chi connectivity index (χ0v) is 19.9. The van der Waals surface area contributed by atoms with Gasteiger partial charge in [0, 0.05) is 36.5 Å². The van der Waals surface area contributed by atoms with E-state index in [0.29, 0.717) is 26.1 Å². The Hall–Kier alpha value is -1.64. The van der Waals surface area contributed by atoms with Gasteiger partial charge in [-0.1, -0.05) is 36.7 Å². The van der Waals surface area contributed by atoms with Crippen molar-refractivity contribution in [2.45, 2.75) is 38.6 Å². The maximum Gasteiger partial charge on any atom is 0.243 e. The Bertz CT molecular complexity index is 908. The van der Waals surface area contributed by atoms with Gasteiger partial charge in [-0.2, -0.15) is 4.31 Å². The van der Waals surface area contributed by atoms with Gasteiger partial charge in [-0.05, 0) is 48.7 Å². The van der Waals surface area contributed by atoms with E-state index >= 15 is 0 Å². The number of hydrogen-bond acceptors (Lipinski definition) is 3. The predicted molar refractivity (Wildman–Crippen MR) is 119 cm³/mol. The van der Waals surface area contributed by atoms with Gasteiger partial charge in [0.15, 0.2) is 0 Å². The van der Waals surface area contributed by atoms with Crippen LogP contribution in [0.2, 0.25) is 0 Å². The molecule has 0 fully saturated rings. The van der Waals surface area contributed by atoms with Crippen LogP contribution in [0.25, 0.3) is 0 Å². The highest BCUT2D eigenvalue weighted by molar-refractivity contribution is 9.10. The molecule has 29 heavy (non-hydrogen) atoms. The highest BCUT2D eigenvalue weighted by Crippen LogP contribution is 2.20. The quantitative estimate of drug-likeness (QED) is 0.515. The van der Waals surface area contributed by atoms with Gasteiger partial charge in [-0.3, -0.25) is 4.79 Å². The van der Waals surface area contributed by atoms with E-state index in [1.54, 1.807) is 29.2 Å². The number of sulfonamides is 1. The fourth-order valence-corrected chi connectivity index (χ4v) is 4.84. The van der Waals surface area contributed by atoms with Gasteiger partial charge in [0.1, 0.15) is 0 Å². The SMILES string of the molecule is CCCN(CC(=O)N(Cc1cccn1C)CC(C)C)S(=O)(=O)c1ccc(Br)cc1. The van der Waals surface area contributed by atoms with E-state index in [1.165, 1.54) is 4.31 Å². The molecule has 0 unspecified atom stereocenters. The number of hydrogen-bond donors (Lipinski definition) is 0. The fourth-order valence-electron chi connectivity index (χ4n) is 3.09. The van der Waals surface area contributed by atoms with Gasteiger partial charge in [0.05, 0.1) is 18.0 Å². The summed E-state index contributed by atoms with van der Waals surface area (Å²) < 4.78 is 30.3. The lowest BCUT2D eigenvalue weighted by Crippen LogP contribution is -2.44. The molecule has 0 aliphatic rings. The van der Waals surface area contributed by atoms with E-state index in [0.717, 1.165) is 10.2 Å². The molecule has 0 aliphatic carbocycles. The van der Waals surface area contributed by atoms with Crippen LogP contribution in [0.15, 0.2) is 52.0 Å². The molecule has 0 spiro atoms. The number of benzene rings is 1. The lowest BCUT2D eigenvalue weighted by molar-refractivity contribution is -0.132. The van der Waals surface area contributed by atoms with Gasteiger partial charge in [-0.15, -0.1) is 0 Å². The van der Waals surface area contributed by atoms with E-state index in [-0.39, 0.29) is 23.3 Å². The van der Waals surface area contributed by atoms with Crippen LogP contribution in [-0.4, -0.2) is 47.7 Å². The molecular weight excluding hydrogens is 454 g/mol. The molecule has 2 rings (SSSR count). The summed E-state index contributed by atoms with van der Waals surface area (Å²) in [5, 5.41) is 0. The van der Waals surface area contributed by atoms with Crippen LogP contribution in [0.1, 0.15) is 32.9 Å². The van der Waals surface area contributed by atoms with Gasteiger partial charge in [0.25, 0.3) is 0 Å². The summed E-state index contributed by atoms with van der Waals surface area (Å²) in [7, 11) is -1.81. The molecule has 2 aromatic rings. The average Bonchev–Trinajstić information content (AvgIpc) is 3.05. The van der Waals surface area contributed by atoms with E-state index in [4.69, 9.17) is 0 Å². The minimum atomic E-state index is -3.75. The van der Waals surface area contributed by atoms with Gasteiger partial charge in [-0.25, -0.2) is 8.42 Å². The van der Waals surface area contributed by atoms with Crippen molar-refractivity contribution in [3.05, 3.63) is 52.8 Å². The molecule has 0 saturated carbocycles. The first-order valence-electron chi connectivity index (χ1n) is 9.78. The minimum absolute atomic E-state index is 0.163. The maximum absolute atomic E-state index is 13.1. The van der Waals surface area contributed by atoms with E-state index < -0.39 is 10.0 Å². The Morgan fingerprint density at radius 2 is 1.83 bits per heavy atom. The van der Waals surface area contributed by atoms with Crippen LogP contribution in [0.4, 0.5) is 0 Å². The molecule has 1 amide bonds. The van der Waals surface area contributed by atoms with E-state index in [2.05, 4.69) is 15.9 Å². The summed E-state index contributed by atoms with van der Waals surface area (Å²) >= 11 is 3.32. The molecule has 0 aliphatic heterocycles. The maximum atomic E-state index is 13.1. The van der Waals surface area contributed by atoms with Crippen LogP contribution in [0, 0.1) is 5.92 Å². The molecule has 160 valence electrons.